The van der Waals surface area contributed by atoms with Crippen LogP contribution in [-0.2, 0) is 10.0 Å². The molecule has 0 amide bonds. The fraction of sp³-hybridized carbons (Fsp3) is 1.00. The molecule has 1 fully saturated rings. The fourth-order valence-corrected chi connectivity index (χ4v) is 4.21. The van der Waals surface area contributed by atoms with Crippen molar-refractivity contribution in [1.29, 1.82) is 0 Å². The van der Waals surface area contributed by atoms with Gasteiger partial charge in [-0.1, -0.05) is 6.42 Å². The normalized spacial score (nSPS) is 25.5. The highest BCUT2D eigenvalue weighted by Crippen LogP contribution is 2.21. The van der Waals surface area contributed by atoms with Crippen LogP contribution in [0.5, 0.6) is 0 Å². The monoisotopic (exact) mass is 234 g/mol. The van der Waals surface area contributed by atoms with Crippen molar-refractivity contribution in [2.24, 2.45) is 5.73 Å². The highest BCUT2D eigenvalue weighted by Gasteiger charge is 2.32. The lowest BCUT2D eigenvalue weighted by Crippen LogP contribution is -2.49. The first-order valence-corrected chi connectivity index (χ1v) is 7.12. The molecule has 0 aromatic rings. The summed E-state index contributed by atoms with van der Waals surface area (Å²) in [5, 5.41) is 0. The Labute approximate surface area is 92.9 Å². The van der Waals surface area contributed by atoms with Gasteiger partial charge in [-0.25, -0.2) is 8.42 Å². The maximum absolute atomic E-state index is 12.1. The van der Waals surface area contributed by atoms with Gasteiger partial charge in [0.25, 0.3) is 0 Å². The van der Waals surface area contributed by atoms with Gasteiger partial charge in [0.15, 0.2) is 0 Å². The van der Waals surface area contributed by atoms with Crippen LogP contribution in [0.1, 0.15) is 40.0 Å². The van der Waals surface area contributed by atoms with Crippen LogP contribution in [0.25, 0.3) is 0 Å². The van der Waals surface area contributed by atoms with E-state index in [4.69, 9.17) is 5.73 Å². The first-order chi connectivity index (χ1) is 6.72. The molecule has 0 saturated carbocycles. The second-order valence-electron chi connectivity index (χ2n) is 5.20. The van der Waals surface area contributed by atoms with Crippen LogP contribution in [0.4, 0.5) is 0 Å². The van der Waals surface area contributed by atoms with Gasteiger partial charge in [0.05, 0.1) is 5.75 Å². The van der Waals surface area contributed by atoms with E-state index in [0.717, 1.165) is 19.3 Å². The molecule has 0 aromatic carbocycles. The van der Waals surface area contributed by atoms with Crippen molar-refractivity contribution in [3.8, 4) is 0 Å². The predicted octanol–water partition coefficient (Wildman–Crippen LogP) is 0.928. The first kappa shape index (κ1) is 12.9. The maximum Gasteiger partial charge on any atom is 0.216 e. The molecule has 0 aromatic heterocycles. The van der Waals surface area contributed by atoms with Crippen LogP contribution in [0.2, 0.25) is 0 Å². The minimum Gasteiger partial charge on any atom is -0.325 e. The molecular formula is C10H22N2O2S. The fourth-order valence-electron chi connectivity index (χ4n) is 2.04. The summed E-state index contributed by atoms with van der Waals surface area (Å²) in [5.74, 6) is 0.0321. The number of nitrogens with zero attached hydrogens (tertiary/aromatic N) is 1. The summed E-state index contributed by atoms with van der Waals surface area (Å²) in [6.45, 7) is 6.12. The first-order valence-electron chi connectivity index (χ1n) is 5.51. The molecule has 0 radical (unpaired) electrons. The Morgan fingerprint density at radius 2 is 2.00 bits per heavy atom. The lowest BCUT2D eigenvalue weighted by molar-refractivity contribution is 0.267. The number of hydrogen-bond acceptors (Lipinski definition) is 3. The van der Waals surface area contributed by atoms with E-state index in [9.17, 15) is 8.42 Å². The van der Waals surface area contributed by atoms with E-state index in [1.165, 1.54) is 0 Å². The third kappa shape index (κ3) is 3.74. The topological polar surface area (TPSA) is 63.4 Å². The summed E-state index contributed by atoms with van der Waals surface area (Å²) in [7, 11) is -3.18. The minimum absolute atomic E-state index is 0.0321. The lowest BCUT2D eigenvalue weighted by Gasteiger charge is -2.34. The van der Waals surface area contributed by atoms with Crippen LogP contribution in [0.3, 0.4) is 0 Å². The predicted molar refractivity (Wildman–Crippen MR) is 62.1 cm³/mol. The average Bonchev–Trinajstić information content (AvgIpc) is 1.99. The van der Waals surface area contributed by atoms with E-state index in [-0.39, 0.29) is 11.8 Å². The number of piperidine rings is 1. The van der Waals surface area contributed by atoms with Gasteiger partial charge in [0.1, 0.15) is 0 Å². The number of rotatable bonds is 3. The SMILES string of the molecule is CC1CCCCN1S(=O)(=O)CC(C)(C)N. The second kappa shape index (κ2) is 4.39. The summed E-state index contributed by atoms with van der Waals surface area (Å²) in [5.41, 5.74) is 5.11. The van der Waals surface area contributed by atoms with E-state index in [0.29, 0.717) is 6.54 Å². The molecule has 0 spiro atoms. The van der Waals surface area contributed by atoms with Crippen molar-refractivity contribution in [2.45, 2.75) is 51.6 Å². The van der Waals surface area contributed by atoms with E-state index in [1.54, 1.807) is 18.2 Å². The molecule has 1 unspecified atom stereocenters. The van der Waals surface area contributed by atoms with Crippen LogP contribution in [0, 0.1) is 0 Å². The van der Waals surface area contributed by atoms with Crippen LogP contribution < -0.4 is 5.73 Å². The lowest BCUT2D eigenvalue weighted by atomic mass is 10.1. The van der Waals surface area contributed by atoms with Crippen LogP contribution in [-0.4, -0.2) is 36.6 Å². The summed E-state index contributed by atoms with van der Waals surface area (Å²) >= 11 is 0. The van der Waals surface area contributed by atoms with Gasteiger partial charge in [-0.15, -0.1) is 0 Å². The second-order valence-corrected chi connectivity index (χ2v) is 7.12. The van der Waals surface area contributed by atoms with Gasteiger partial charge in [0.2, 0.25) is 10.0 Å². The summed E-state index contributed by atoms with van der Waals surface area (Å²) in [6.07, 6.45) is 3.05. The van der Waals surface area contributed by atoms with E-state index < -0.39 is 15.6 Å². The number of hydrogen-bond donors (Lipinski definition) is 1. The summed E-state index contributed by atoms with van der Waals surface area (Å²) in [6, 6.07) is 0.131. The van der Waals surface area contributed by atoms with Gasteiger partial charge in [-0.2, -0.15) is 4.31 Å². The quantitative estimate of drug-likeness (QED) is 0.790. The Morgan fingerprint density at radius 1 is 1.40 bits per heavy atom. The highest BCUT2D eigenvalue weighted by atomic mass is 32.2. The van der Waals surface area contributed by atoms with Crippen molar-refractivity contribution < 1.29 is 8.42 Å². The Balaban J connectivity index is 2.76. The molecule has 0 bridgehead atoms. The zero-order valence-electron chi connectivity index (χ0n) is 9.86. The molecule has 1 atom stereocenters. The largest absolute Gasteiger partial charge is 0.325 e. The Kier molecular flexibility index (Phi) is 3.79. The van der Waals surface area contributed by atoms with Crippen molar-refractivity contribution in [3.05, 3.63) is 0 Å². The molecule has 1 aliphatic heterocycles. The highest BCUT2D eigenvalue weighted by molar-refractivity contribution is 7.89. The van der Waals surface area contributed by atoms with Crippen molar-refractivity contribution in [2.75, 3.05) is 12.3 Å². The van der Waals surface area contributed by atoms with E-state index in [2.05, 4.69) is 0 Å². The molecule has 1 heterocycles. The minimum atomic E-state index is -3.18. The molecule has 1 rings (SSSR count). The molecule has 5 heteroatoms. The zero-order chi connectivity index (χ0) is 11.7. The molecule has 15 heavy (non-hydrogen) atoms. The smallest absolute Gasteiger partial charge is 0.216 e. The molecule has 1 saturated heterocycles. The van der Waals surface area contributed by atoms with Crippen molar-refractivity contribution >= 4 is 10.0 Å². The molecule has 1 aliphatic rings. The molecule has 2 N–H and O–H groups in total. The van der Waals surface area contributed by atoms with Gasteiger partial charge in [-0.3, -0.25) is 0 Å². The van der Waals surface area contributed by atoms with Gasteiger partial charge in [-0.05, 0) is 33.6 Å². The maximum atomic E-state index is 12.1. The third-order valence-electron chi connectivity index (χ3n) is 2.65. The Morgan fingerprint density at radius 3 is 2.47 bits per heavy atom. The van der Waals surface area contributed by atoms with Crippen LogP contribution >= 0.6 is 0 Å². The number of nitrogens with two attached hydrogens (primary N) is 1. The van der Waals surface area contributed by atoms with Gasteiger partial charge < -0.3 is 5.73 Å². The van der Waals surface area contributed by atoms with Gasteiger partial charge >= 0.3 is 0 Å². The molecule has 4 nitrogen and oxygen atoms in total. The molecular weight excluding hydrogens is 212 g/mol. The van der Waals surface area contributed by atoms with Crippen LogP contribution in [0.15, 0.2) is 0 Å². The average molecular weight is 234 g/mol. The summed E-state index contributed by atoms with van der Waals surface area (Å²) < 4.78 is 25.7. The third-order valence-corrected chi connectivity index (χ3v) is 5.02. The number of sulfonamides is 1. The van der Waals surface area contributed by atoms with Gasteiger partial charge in [0, 0.05) is 18.1 Å². The van der Waals surface area contributed by atoms with E-state index >= 15 is 0 Å². The Hall–Kier alpha value is -0.130. The van der Waals surface area contributed by atoms with Crippen molar-refractivity contribution in [3.63, 3.8) is 0 Å². The van der Waals surface area contributed by atoms with E-state index in [1.807, 2.05) is 6.92 Å². The van der Waals surface area contributed by atoms with Crippen molar-refractivity contribution in [1.82, 2.24) is 4.31 Å². The standard InChI is InChI=1S/C10H22N2O2S/c1-9-6-4-5-7-12(9)15(13,14)8-10(2,3)11/h9H,4-8,11H2,1-3H3. The zero-order valence-corrected chi connectivity index (χ0v) is 10.7. The molecule has 0 aliphatic carbocycles. The molecule has 90 valence electrons. The Bertz CT molecular complexity index is 306. The summed E-state index contributed by atoms with van der Waals surface area (Å²) in [4.78, 5) is 0.